The fraction of sp³-hybridized carbons (Fsp3) is 0.300. The molecule has 1 aliphatic rings. The second-order valence-electron chi connectivity index (χ2n) is 6.46. The van der Waals surface area contributed by atoms with E-state index in [2.05, 4.69) is 10.2 Å². The van der Waals surface area contributed by atoms with Crippen LogP contribution in [0.1, 0.15) is 19.8 Å². The van der Waals surface area contributed by atoms with E-state index in [0.717, 1.165) is 43.8 Å². The van der Waals surface area contributed by atoms with Gasteiger partial charge in [-0.05, 0) is 49.2 Å². The van der Waals surface area contributed by atoms with Crippen molar-refractivity contribution in [1.82, 2.24) is 0 Å². The van der Waals surface area contributed by atoms with Gasteiger partial charge in [0.1, 0.15) is 23.9 Å². The van der Waals surface area contributed by atoms with Gasteiger partial charge in [0.05, 0.1) is 0 Å². The van der Waals surface area contributed by atoms with Crippen LogP contribution in [0.15, 0.2) is 42.5 Å². The molecular weight excluding hydrogens is 352 g/mol. The topological polar surface area (TPSA) is 52.7 Å². The fourth-order valence-electron chi connectivity index (χ4n) is 3.14. The minimum atomic E-state index is -0.868. The summed E-state index contributed by atoms with van der Waals surface area (Å²) in [4.78, 5) is 27.8. The molecule has 3 rings (SSSR count). The first-order chi connectivity index (χ1) is 13.0. The SMILES string of the molecule is CC(=O)N(CC(=O)Nc1c(F)cccc1F)c1ccc(N2CCCC2)cc1. The number of hydrogen-bond acceptors (Lipinski definition) is 3. The number of carbonyl (C=O) groups excluding carboxylic acids is 2. The molecule has 2 amide bonds. The molecule has 0 saturated carbocycles. The molecule has 2 aromatic carbocycles. The molecule has 2 aromatic rings. The van der Waals surface area contributed by atoms with E-state index < -0.39 is 23.2 Å². The van der Waals surface area contributed by atoms with E-state index in [-0.39, 0.29) is 12.5 Å². The highest BCUT2D eigenvalue weighted by atomic mass is 19.1. The molecule has 142 valence electrons. The van der Waals surface area contributed by atoms with Gasteiger partial charge in [-0.2, -0.15) is 0 Å². The maximum Gasteiger partial charge on any atom is 0.244 e. The van der Waals surface area contributed by atoms with Gasteiger partial charge < -0.3 is 15.1 Å². The molecule has 0 spiro atoms. The normalized spacial score (nSPS) is 13.5. The molecular formula is C20H21F2N3O2. The Morgan fingerprint density at radius 2 is 1.63 bits per heavy atom. The van der Waals surface area contributed by atoms with E-state index in [1.54, 1.807) is 12.1 Å². The van der Waals surface area contributed by atoms with Gasteiger partial charge in [-0.3, -0.25) is 9.59 Å². The quantitative estimate of drug-likeness (QED) is 0.872. The van der Waals surface area contributed by atoms with Crippen LogP contribution in [0.5, 0.6) is 0 Å². The van der Waals surface area contributed by atoms with Gasteiger partial charge in [-0.15, -0.1) is 0 Å². The average molecular weight is 373 g/mol. The Morgan fingerprint density at radius 3 is 2.19 bits per heavy atom. The van der Waals surface area contributed by atoms with Crippen molar-refractivity contribution in [1.29, 1.82) is 0 Å². The van der Waals surface area contributed by atoms with Crippen molar-refractivity contribution in [3.63, 3.8) is 0 Å². The number of anilines is 3. The first kappa shape index (κ1) is 18.8. The van der Waals surface area contributed by atoms with Gasteiger partial charge in [0.15, 0.2) is 0 Å². The second-order valence-corrected chi connectivity index (χ2v) is 6.46. The second kappa shape index (κ2) is 8.16. The summed E-state index contributed by atoms with van der Waals surface area (Å²) in [5.74, 6) is -2.76. The van der Waals surface area contributed by atoms with Crippen molar-refractivity contribution in [3.8, 4) is 0 Å². The molecule has 0 aromatic heterocycles. The van der Waals surface area contributed by atoms with Crippen molar-refractivity contribution in [2.24, 2.45) is 0 Å². The van der Waals surface area contributed by atoms with Gasteiger partial charge in [0.2, 0.25) is 11.8 Å². The number of hydrogen-bond donors (Lipinski definition) is 1. The van der Waals surface area contributed by atoms with Crippen molar-refractivity contribution in [2.75, 3.05) is 34.8 Å². The van der Waals surface area contributed by atoms with Crippen molar-refractivity contribution in [2.45, 2.75) is 19.8 Å². The van der Waals surface area contributed by atoms with Crippen molar-refractivity contribution < 1.29 is 18.4 Å². The van der Waals surface area contributed by atoms with E-state index in [9.17, 15) is 18.4 Å². The molecule has 0 radical (unpaired) electrons. The molecule has 0 aliphatic carbocycles. The summed E-state index contributed by atoms with van der Waals surface area (Å²) in [5, 5.41) is 2.20. The van der Waals surface area contributed by atoms with Gasteiger partial charge in [-0.1, -0.05) is 6.07 Å². The van der Waals surface area contributed by atoms with Crippen LogP contribution >= 0.6 is 0 Å². The largest absolute Gasteiger partial charge is 0.372 e. The highest BCUT2D eigenvalue weighted by Crippen LogP contribution is 2.24. The lowest BCUT2D eigenvalue weighted by Crippen LogP contribution is -2.37. The molecule has 27 heavy (non-hydrogen) atoms. The van der Waals surface area contributed by atoms with Crippen LogP contribution in [0.25, 0.3) is 0 Å². The maximum absolute atomic E-state index is 13.7. The number of carbonyl (C=O) groups is 2. The molecule has 1 saturated heterocycles. The Kier molecular flexibility index (Phi) is 5.69. The Labute approximate surface area is 156 Å². The number of benzene rings is 2. The van der Waals surface area contributed by atoms with Crippen LogP contribution in [0.2, 0.25) is 0 Å². The predicted molar refractivity (Wildman–Crippen MR) is 101 cm³/mol. The lowest BCUT2D eigenvalue weighted by atomic mass is 10.2. The number of nitrogens with one attached hydrogen (secondary N) is 1. The third kappa shape index (κ3) is 4.42. The molecule has 1 heterocycles. The van der Waals surface area contributed by atoms with Crippen LogP contribution in [-0.4, -0.2) is 31.4 Å². The van der Waals surface area contributed by atoms with Crippen molar-refractivity contribution in [3.05, 3.63) is 54.1 Å². The summed E-state index contributed by atoms with van der Waals surface area (Å²) in [6.45, 7) is 3.01. The van der Waals surface area contributed by atoms with Crippen LogP contribution in [0.3, 0.4) is 0 Å². The zero-order valence-electron chi connectivity index (χ0n) is 15.0. The molecule has 0 unspecified atom stereocenters. The summed E-state index contributed by atoms with van der Waals surface area (Å²) in [7, 11) is 0. The minimum Gasteiger partial charge on any atom is -0.372 e. The minimum absolute atomic E-state index is 0.340. The van der Waals surface area contributed by atoms with Crippen LogP contribution in [0.4, 0.5) is 25.8 Å². The molecule has 1 fully saturated rings. The highest BCUT2D eigenvalue weighted by Gasteiger charge is 2.19. The molecule has 7 heteroatoms. The Morgan fingerprint density at radius 1 is 1.04 bits per heavy atom. The zero-order chi connectivity index (χ0) is 19.4. The fourth-order valence-corrected chi connectivity index (χ4v) is 3.14. The number of para-hydroxylation sites is 1. The summed E-state index contributed by atoms with van der Waals surface area (Å²) < 4.78 is 27.4. The van der Waals surface area contributed by atoms with E-state index in [1.807, 2.05) is 12.1 Å². The predicted octanol–water partition coefficient (Wildman–Crippen LogP) is 3.56. The third-order valence-corrected chi connectivity index (χ3v) is 4.54. The number of amides is 2. The monoisotopic (exact) mass is 373 g/mol. The Hall–Kier alpha value is -2.96. The Bertz CT molecular complexity index is 813. The molecule has 1 N–H and O–H groups in total. The van der Waals surface area contributed by atoms with E-state index in [4.69, 9.17) is 0 Å². The lowest BCUT2D eigenvalue weighted by Gasteiger charge is -2.23. The Balaban J connectivity index is 1.72. The molecule has 0 bridgehead atoms. The van der Waals surface area contributed by atoms with Crippen molar-refractivity contribution >= 4 is 28.9 Å². The zero-order valence-corrected chi connectivity index (χ0v) is 15.0. The van der Waals surface area contributed by atoms with E-state index >= 15 is 0 Å². The van der Waals surface area contributed by atoms with Crippen LogP contribution in [-0.2, 0) is 9.59 Å². The number of halogens is 2. The average Bonchev–Trinajstić information content (AvgIpc) is 3.17. The summed E-state index contributed by atoms with van der Waals surface area (Å²) >= 11 is 0. The van der Waals surface area contributed by atoms with Crippen LogP contribution in [0, 0.1) is 11.6 Å². The molecule has 0 atom stereocenters. The summed E-state index contributed by atoms with van der Waals surface area (Å²) in [5.41, 5.74) is 1.10. The van der Waals surface area contributed by atoms with Gasteiger partial charge in [0.25, 0.3) is 0 Å². The smallest absolute Gasteiger partial charge is 0.244 e. The van der Waals surface area contributed by atoms with Crippen LogP contribution < -0.4 is 15.1 Å². The highest BCUT2D eigenvalue weighted by molar-refractivity contribution is 6.02. The maximum atomic E-state index is 13.7. The van der Waals surface area contributed by atoms with Gasteiger partial charge in [-0.25, -0.2) is 8.78 Å². The number of nitrogens with zero attached hydrogens (tertiary/aromatic N) is 2. The molecule has 1 aliphatic heterocycles. The van der Waals surface area contributed by atoms with Gasteiger partial charge >= 0.3 is 0 Å². The van der Waals surface area contributed by atoms with E-state index in [1.165, 1.54) is 17.9 Å². The van der Waals surface area contributed by atoms with E-state index in [0.29, 0.717) is 5.69 Å². The summed E-state index contributed by atoms with van der Waals surface area (Å²) in [6, 6.07) is 10.7. The van der Waals surface area contributed by atoms with Gasteiger partial charge in [0, 0.05) is 31.4 Å². The number of rotatable bonds is 5. The first-order valence-electron chi connectivity index (χ1n) is 8.82. The standard InChI is InChI=1S/C20H21F2N3O2/c1-14(26)25(13-19(27)23-20-17(21)5-4-6-18(20)22)16-9-7-15(8-10-16)24-11-2-3-12-24/h4-10H,2-3,11-13H2,1H3,(H,23,27). The first-order valence-corrected chi connectivity index (χ1v) is 8.82. The summed E-state index contributed by atoms with van der Waals surface area (Å²) in [6.07, 6.45) is 2.32. The molecule has 5 nitrogen and oxygen atoms in total. The third-order valence-electron chi connectivity index (χ3n) is 4.54. The lowest BCUT2D eigenvalue weighted by molar-refractivity contribution is -0.120.